The average molecular weight is 198 g/mol. The number of hydrogen-bond donors (Lipinski definition) is 1. The summed E-state index contributed by atoms with van der Waals surface area (Å²) in [5.41, 5.74) is 1.05. The van der Waals surface area contributed by atoms with Gasteiger partial charge in [0.25, 0.3) is 6.43 Å². The van der Waals surface area contributed by atoms with Gasteiger partial charge in [0.05, 0.1) is 19.0 Å². The van der Waals surface area contributed by atoms with Gasteiger partial charge in [-0.05, 0) is 12.1 Å². The summed E-state index contributed by atoms with van der Waals surface area (Å²) in [6.45, 7) is 0. The van der Waals surface area contributed by atoms with Crippen LogP contribution in [-0.2, 0) is 0 Å². The summed E-state index contributed by atoms with van der Waals surface area (Å²) in [6.07, 6.45) is -1.06. The number of nitrogens with zero attached hydrogens (tertiary/aromatic N) is 1. The molecular weight excluding hydrogens is 190 g/mol. The molecule has 0 amide bonds. The predicted octanol–water partition coefficient (Wildman–Crippen LogP) is 2.51. The number of nitrogens with one attached hydrogen (secondary N) is 1. The average Bonchev–Trinajstić information content (AvgIpc) is 2.63. The number of alkyl halides is 2. The number of rotatable bonds is 2. The zero-order valence-electron chi connectivity index (χ0n) is 7.42. The number of methoxy groups -OCH3 is 1. The molecule has 1 aromatic heterocycles. The third-order valence-electron chi connectivity index (χ3n) is 1.98. The van der Waals surface area contributed by atoms with Gasteiger partial charge in [0.1, 0.15) is 11.3 Å². The van der Waals surface area contributed by atoms with Gasteiger partial charge in [0.2, 0.25) is 0 Å². The molecule has 2 rings (SSSR count). The summed E-state index contributed by atoms with van der Waals surface area (Å²) >= 11 is 0. The molecule has 0 spiro atoms. The second kappa shape index (κ2) is 3.25. The Kier molecular flexibility index (Phi) is 2.07. The lowest BCUT2D eigenvalue weighted by Gasteiger charge is -2.04. The Morgan fingerprint density at radius 1 is 1.43 bits per heavy atom. The molecule has 0 unspecified atom stereocenters. The van der Waals surface area contributed by atoms with Crippen molar-refractivity contribution in [2.75, 3.05) is 7.11 Å². The van der Waals surface area contributed by atoms with Crippen LogP contribution in [0, 0.1) is 0 Å². The second-order valence-electron chi connectivity index (χ2n) is 2.82. The van der Waals surface area contributed by atoms with Crippen molar-refractivity contribution >= 4 is 11.0 Å². The molecule has 1 heterocycles. The van der Waals surface area contributed by atoms with Crippen LogP contribution < -0.4 is 4.74 Å². The number of fused-ring (bicyclic) bond motifs is 1. The Hall–Kier alpha value is -1.65. The maximum atomic E-state index is 12.4. The van der Waals surface area contributed by atoms with Crippen LogP contribution in [0.15, 0.2) is 18.5 Å². The molecule has 2 aromatic rings. The Labute approximate surface area is 78.7 Å². The van der Waals surface area contributed by atoms with E-state index in [1.165, 1.54) is 25.6 Å². The van der Waals surface area contributed by atoms with E-state index < -0.39 is 6.43 Å². The van der Waals surface area contributed by atoms with Crippen molar-refractivity contribution in [3.05, 3.63) is 24.0 Å². The number of hydrogen-bond acceptors (Lipinski definition) is 2. The van der Waals surface area contributed by atoms with E-state index in [9.17, 15) is 8.78 Å². The van der Waals surface area contributed by atoms with E-state index >= 15 is 0 Å². The summed E-state index contributed by atoms with van der Waals surface area (Å²) in [5.74, 6) is 0.360. The van der Waals surface area contributed by atoms with E-state index in [0.717, 1.165) is 0 Å². The predicted molar refractivity (Wildman–Crippen MR) is 47.6 cm³/mol. The molecule has 0 aliphatic carbocycles. The van der Waals surface area contributed by atoms with Gasteiger partial charge < -0.3 is 9.72 Å². The smallest absolute Gasteiger partial charge is 0.264 e. The normalized spacial score (nSPS) is 11.1. The zero-order chi connectivity index (χ0) is 10.1. The van der Waals surface area contributed by atoms with Crippen molar-refractivity contribution in [3.8, 4) is 5.75 Å². The van der Waals surface area contributed by atoms with Crippen molar-refractivity contribution in [2.45, 2.75) is 6.43 Å². The largest absolute Gasteiger partial charge is 0.494 e. The lowest BCUT2D eigenvalue weighted by Crippen LogP contribution is -1.89. The summed E-state index contributed by atoms with van der Waals surface area (Å²) in [5, 5.41) is 0. The van der Waals surface area contributed by atoms with Crippen molar-refractivity contribution in [2.24, 2.45) is 0 Å². The number of benzene rings is 1. The monoisotopic (exact) mass is 198 g/mol. The molecule has 0 saturated heterocycles. The molecular formula is C9H8F2N2O. The number of H-pyrrole nitrogens is 1. The van der Waals surface area contributed by atoms with Crippen LogP contribution in [0.1, 0.15) is 12.0 Å². The van der Waals surface area contributed by atoms with Crippen molar-refractivity contribution in [1.29, 1.82) is 0 Å². The number of ether oxygens (including phenoxy) is 1. The topological polar surface area (TPSA) is 37.9 Å². The molecule has 0 radical (unpaired) electrons. The van der Waals surface area contributed by atoms with E-state index in [2.05, 4.69) is 9.97 Å². The van der Waals surface area contributed by atoms with Crippen LogP contribution in [-0.4, -0.2) is 17.1 Å². The number of halogens is 2. The molecule has 1 N–H and O–H groups in total. The summed E-state index contributed by atoms with van der Waals surface area (Å²) in [7, 11) is 1.43. The van der Waals surface area contributed by atoms with Gasteiger partial charge in [-0.3, -0.25) is 0 Å². The van der Waals surface area contributed by atoms with Gasteiger partial charge in [0, 0.05) is 5.56 Å². The van der Waals surface area contributed by atoms with Gasteiger partial charge in [-0.1, -0.05) is 0 Å². The van der Waals surface area contributed by atoms with Crippen LogP contribution in [0.5, 0.6) is 5.75 Å². The van der Waals surface area contributed by atoms with Crippen LogP contribution in [0.4, 0.5) is 8.78 Å². The minimum Gasteiger partial charge on any atom is -0.494 e. The SMILES string of the molecule is COc1cc(C(F)F)cc2[nH]cnc12. The first kappa shape index (κ1) is 8.93. The van der Waals surface area contributed by atoms with E-state index in [1.807, 2.05) is 0 Å². The third kappa shape index (κ3) is 1.30. The number of aromatic amines is 1. The molecule has 3 nitrogen and oxygen atoms in total. The molecule has 0 aliphatic heterocycles. The van der Waals surface area contributed by atoms with Gasteiger partial charge in [0.15, 0.2) is 0 Å². The molecule has 0 atom stereocenters. The summed E-state index contributed by atoms with van der Waals surface area (Å²) in [4.78, 5) is 6.73. The minimum absolute atomic E-state index is 0.0707. The summed E-state index contributed by atoms with van der Waals surface area (Å²) < 4.78 is 29.8. The molecule has 14 heavy (non-hydrogen) atoms. The van der Waals surface area contributed by atoms with Crippen molar-refractivity contribution < 1.29 is 13.5 Å². The lowest BCUT2D eigenvalue weighted by atomic mass is 10.2. The molecule has 0 fully saturated rings. The van der Waals surface area contributed by atoms with E-state index in [1.54, 1.807) is 0 Å². The highest BCUT2D eigenvalue weighted by atomic mass is 19.3. The first-order valence-electron chi connectivity index (χ1n) is 4.01. The molecule has 1 aromatic carbocycles. The van der Waals surface area contributed by atoms with Crippen LogP contribution in [0.25, 0.3) is 11.0 Å². The first-order valence-corrected chi connectivity index (χ1v) is 4.01. The molecule has 0 aliphatic rings. The fourth-order valence-electron chi connectivity index (χ4n) is 1.32. The van der Waals surface area contributed by atoms with Gasteiger partial charge in [-0.15, -0.1) is 0 Å². The summed E-state index contributed by atoms with van der Waals surface area (Å²) in [6, 6.07) is 2.67. The fraction of sp³-hybridized carbons (Fsp3) is 0.222. The van der Waals surface area contributed by atoms with E-state index in [0.29, 0.717) is 16.8 Å². The van der Waals surface area contributed by atoms with Crippen molar-refractivity contribution in [1.82, 2.24) is 9.97 Å². The Morgan fingerprint density at radius 3 is 2.86 bits per heavy atom. The maximum absolute atomic E-state index is 12.4. The quantitative estimate of drug-likeness (QED) is 0.805. The highest BCUT2D eigenvalue weighted by molar-refractivity contribution is 5.82. The van der Waals surface area contributed by atoms with Crippen LogP contribution >= 0.6 is 0 Å². The van der Waals surface area contributed by atoms with Crippen LogP contribution in [0.2, 0.25) is 0 Å². The fourth-order valence-corrected chi connectivity index (χ4v) is 1.32. The highest BCUT2D eigenvalue weighted by Gasteiger charge is 2.12. The Morgan fingerprint density at radius 2 is 2.21 bits per heavy atom. The van der Waals surface area contributed by atoms with Gasteiger partial charge in [-0.25, -0.2) is 13.8 Å². The van der Waals surface area contributed by atoms with Gasteiger partial charge >= 0.3 is 0 Å². The Bertz CT molecular complexity index is 453. The third-order valence-corrected chi connectivity index (χ3v) is 1.98. The maximum Gasteiger partial charge on any atom is 0.264 e. The lowest BCUT2D eigenvalue weighted by molar-refractivity contribution is 0.151. The highest BCUT2D eigenvalue weighted by Crippen LogP contribution is 2.29. The van der Waals surface area contributed by atoms with Gasteiger partial charge in [-0.2, -0.15) is 0 Å². The number of aromatic nitrogens is 2. The molecule has 5 heteroatoms. The van der Waals surface area contributed by atoms with Crippen LogP contribution in [0.3, 0.4) is 0 Å². The minimum atomic E-state index is -2.50. The number of imidazole rings is 1. The second-order valence-corrected chi connectivity index (χ2v) is 2.82. The van der Waals surface area contributed by atoms with Crippen molar-refractivity contribution in [3.63, 3.8) is 0 Å². The first-order chi connectivity index (χ1) is 6.72. The standard InChI is InChI=1S/C9H8F2N2O/c1-14-7-3-5(9(10)11)2-6-8(7)13-4-12-6/h2-4,9H,1H3,(H,12,13). The van der Waals surface area contributed by atoms with E-state index in [4.69, 9.17) is 4.74 Å². The van der Waals surface area contributed by atoms with E-state index in [-0.39, 0.29) is 5.56 Å². The molecule has 0 bridgehead atoms. The Balaban J connectivity index is 2.67. The molecule has 0 saturated carbocycles. The zero-order valence-corrected chi connectivity index (χ0v) is 7.42. The molecule has 74 valence electrons.